The van der Waals surface area contributed by atoms with Crippen LogP contribution in [0.2, 0.25) is 0 Å². The van der Waals surface area contributed by atoms with Crippen LogP contribution in [0.5, 0.6) is 0 Å². The number of nitrogens with two attached hydrogens (primary N) is 2. The average molecular weight is 447 g/mol. The van der Waals surface area contributed by atoms with Gasteiger partial charge in [0.05, 0.1) is 22.9 Å². The van der Waals surface area contributed by atoms with Crippen LogP contribution in [0.3, 0.4) is 0 Å². The van der Waals surface area contributed by atoms with Gasteiger partial charge in [-0.2, -0.15) is 0 Å². The maximum Gasteiger partial charge on any atom is 0.262 e. The molecule has 4 N–H and O–H groups in total. The number of hydrogen-bond acceptors (Lipinski definition) is 5. The maximum atomic E-state index is 12.1. The second kappa shape index (κ2) is 9.00. The molecule has 23 heavy (non-hydrogen) atoms. The molecule has 1 aliphatic carbocycles. The summed E-state index contributed by atoms with van der Waals surface area (Å²) in [5.41, 5.74) is 13.0. The van der Waals surface area contributed by atoms with Crippen molar-refractivity contribution < 1.29 is 9.59 Å². The Morgan fingerprint density at radius 2 is 1.96 bits per heavy atom. The van der Waals surface area contributed by atoms with Gasteiger partial charge in [-0.1, -0.05) is 23.9 Å². The first-order chi connectivity index (χ1) is 11.0. The predicted molar refractivity (Wildman–Crippen MR) is 102 cm³/mol. The second-order valence-electron chi connectivity index (χ2n) is 5.75. The number of carbonyl (C=O) groups excluding carboxylic acids is 2. The molecule has 0 heterocycles. The Kier molecular flexibility index (Phi) is 7.32. The van der Waals surface area contributed by atoms with E-state index in [1.54, 1.807) is 15.2 Å². The maximum absolute atomic E-state index is 12.1. The minimum Gasteiger partial charge on any atom is -0.329 e. The number of halogens is 1. The summed E-state index contributed by atoms with van der Waals surface area (Å²) in [5, 5.41) is 0.236. The summed E-state index contributed by atoms with van der Waals surface area (Å²) in [6.07, 6.45) is 2.67. The molecule has 2 atom stereocenters. The Morgan fingerprint density at radius 1 is 1.26 bits per heavy atom. The fraction of sp³-hybridized carbons (Fsp3) is 0.500. The fourth-order valence-corrected chi connectivity index (χ4v) is 4.11. The Balaban J connectivity index is 1.85. The lowest BCUT2D eigenvalue weighted by molar-refractivity contribution is -0.114. The lowest BCUT2D eigenvalue weighted by Crippen LogP contribution is -2.26. The molecule has 1 fully saturated rings. The van der Waals surface area contributed by atoms with Crippen molar-refractivity contribution in [1.82, 2.24) is 3.11 Å². The number of nitrogens with zero attached hydrogens (tertiary/aromatic N) is 1. The standard InChI is InChI=1S/C16H22IN3O2S/c17-20(8-7-18)15(21)12-3-1-11(2-4-12)10-23-16(22)13-5-6-14(19)9-13/h1-4,13-14H,5-10,18-19H2/t13-,14+/m0/s1. The molecule has 1 amide bonds. The molecule has 2 rings (SSSR count). The van der Waals surface area contributed by atoms with Gasteiger partial charge in [-0.15, -0.1) is 0 Å². The van der Waals surface area contributed by atoms with E-state index in [1.165, 1.54) is 11.8 Å². The lowest BCUT2D eigenvalue weighted by atomic mass is 10.1. The minimum absolute atomic E-state index is 0.0497. The molecule has 126 valence electrons. The van der Waals surface area contributed by atoms with E-state index in [1.807, 2.05) is 35.0 Å². The van der Waals surface area contributed by atoms with E-state index in [0.717, 1.165) is 24.8 Å². The number of carbonyl (C=O) groups is 2. The molecule has 0 unspecified atom stereocenters. The Morgan fingerprint density at radius 3 is 2.52 bits per heavy atom. The van der Waals surface area contributed by atoms with E-state index in [-0.39, 0.29) is 23.0 Å². The van der Waals surface area contributed by atoms with Crippen LogP contribution in [-0.4, -0.2) is 33.3 Å². The molecule has 1 aromatic carbocycles. The molecule has 5 nitrogen and oxygen atoms in total. The molecule has 7 heteroatoms. The SMILES string of the molecule is NCCN(I)C(=O)c1ccc(CSC(=O)[C@H]2CC[C@@H](N)C2)cc1. The van der Waals surface area contributed by atoms with E-state index in [4.69, 9.17) is 11.5 Å². The molecule has 0 bridgehead atoms. The monoisotopic (exact) mass is 447 g/mol. The number of rotatable bonds is 6. The molecule has 0 radical (unpaired) electrons. The first-order valence-corrected chi connectivity index (χ1v) is 9.65. The quantitative estimate of drug-likeness (QED) is 0.516. The van der Waals surface area contributed by atoms with Crippen molar-refractivity contribution in [2.75, 3.05) is 13.1 Å². The molecule has 0 spiro atoms. The van der Waals surface area contributed by atoms with Crippen molar-refractivity contribution in [3.63, 3.8) is 0 Å². The highest BCUT2D eigenvalue weighted by atomic mass is 127. The third-order valence-corrected chi connectivity index (χ3v) is 5.95. The van der Waals surface area contributed by atoms with Gasteiger partial charge in [-0.05, 0) is 37.0 Å². The Bertz CT molecular complexity index is 553. The first-order valence-electron chi connectivity index (χ1n) is 7.70. The smallest absolute Gasteiger partial charge is 0.262 e. The van der Waals surface area contributed by atoms with Gasteiger partial charge >= 0.3 is 0 Å². The summed E-state index contributed by atoms with van der Waals surface area (Å²) in [7, 11) is 0. The van der Waals surface area contributed by atoms with E-state index in [0.29, 0.717) is 24.4 Å². The van der Waals surface area contributed by atoms with Crippen molar-refractivity contribution in [2.24, 2.45) is 17.4 Å². The zero-order chi connectivity index (χ0) is 16.8. The summed E-state index contributed by atoms with van der Waals surface area (Å²) in [6.45, 7) is 0.964. The van der Waals surface area contributed by atoms with Gasteiger partial charge in [0.15, 0.2) is 5.12 Å². The van der Waals surface area contributed by atoms with Crippen LogP contribution in [0.4, 0.5) is 0 Å². The summed E-state index contributed by atoms with van der Waals surface area (Å²) in [4.78, 5) is 24.2. The van der Waals surface area contributed by atoms with Crippen LogP contribution in [0, 0.1) is 5.92 Å². The minimum atomic E-state index is -0.0497. The molecular formula is C16H22IN3O2S. The van der Waals surface area contributed by atoms with Crippen LogP contribution < -0.4 is 11.5 Å². The predicted octanol–water partition coefficient (Wildman–Crippen LogP) is 2.32. The zero-order valence-corrected chi connectivity index (χ0v) is 15.9. The van der Waals surface area contributed by atoms with E-state index in [9.17, 15) is 9.59 Å². The summed E-state index contributed by atoms with van der Waals surface area (Å²) >= 11 is 3.32. The van der Waals surface area contributed by atoms with Gasteiger partial charge < -0.3 is 11.5 Å². The number of thioether (sulfide) groups is 1. The third-order valence-electron chi connectivity index (χ3n) is 3.93. The van der Waals surface area contributed by atoms with Gasteiger partial charge in [-0.25, -0.2) is 0 Å². The molecule has 1 saturated carbocycles. The lowest BCUT2D eigenvalue weighted by Gasteiger charge is -2.13. The second-order valence-corrected chi connectivity index (χ2v) is 7.90. The van der Waals surface area contributed by atoms with Crippen LogP contribution >= 0.6 is 34.6 Å². The number of amides is 1. The molecule has 1 aromatic rings. The summed E-state index contributed by atoms with van der Waals surface area (Å²) < 4.78 is 1.58. The van der Waals surface area contributed by atoms with Gasteiger partial charge in [0.25, 0.3) is 5.91 Å². The third kappa shape index (κ3) is 5.44. The van der Waals surface area contributed by atoms with E-state index < -0.39 is 0 Å². The number of benzene rings is 1. The Hall–Kier alpha value is -0.640. The average Bonchev–Trinajstić information content (AvgIpc) is 2.99. The van der Waals surface area contributed by atoms with Gasteiger partial charge in [0.1, 0.15) is 0 Å². The van der Waals surface area contributed by atoms with Gasteiger partial charge in [0, 0.05) is 36.4 Å². The topological polar surface area (TPSA) is 89.4 Å². The molecule has 0 aromatic heterocycles. The number of hydrogen-bond donors (Lipinski definition) is 2. The van der Waals surface area contributed by atoms with Crippen molar-refractivity contribution in [2.45, 2.75) is 31.1 Å². The Labute approximate surface area is 155 Å². The molecule has 1 aliphatic rings. The summed E-state index contributed by atoms with van der Waals surface area (Å²) in [5.74, 6) is 0.696. The zero-order valence-electron chi connectivity index (χ0n) is 12.9. The highest BCUT2D eigenvalue weighted by molar-refractivity contribution is 14.1. The molecule has 0 aliphatic heterocycles. The van der Waals surface area contributed by atoms with Crippen LogP contribution in [0.15, 0.2) is 24.3 Å². The van der Waals surface area contributed by atoms with Crippen molar-refractivity contribution in [3.8, 4) is 0 Å². The van der Waals surface area contributed by atoms with Crippen molar-refractivity contribution in [1.29, 1.82) is 0 Å². The highest BCUT2D eigenvalue weighted by Gasteiger charge is 2.27. The van der Waals surface area contributed by atoms with Crippen LogP contribution in [0.25, 0.3) is 0 Å². The van der Waals surface area contributed by atoms with Gasteiger partial charge in [0.2, 0.25) is 0 Å². The van der Waals surface area contributed by atoms with E-state index >= 15 is 0 Å². The van der Waals surface area contributed by atoms with E-state index in [2.05, 4.69) is 0 Å². The summed E-state index contributed by atoms with van der Waals surface area (Å²) in [6, 6.07) is 7.59. The fourth-order valence-electron chi connectivity index (χ4n) is 2.60. The van der Waals surface area contributed by atoms with Crippen molar-refractivity contribution >= 4 is 45.6 Å². The largest absolute Gasteiger partial charge is 0.329 e. The highest BCUT2D eigenvalue weighted by Crippen LogP contribution is 2.30. The van der Waals surface area contributed by atoms with Gasteiger partial charge in [-0.3, -0.25) is 12.7 Å². The van der Waals surface area contributed by atoms with Crippen LogP contribution in [0.1, 0.15) is 35.2 Å². The van der Waals surface area contributed by atoms with Crippen LogP contribution in [-0.2, 0) is 10.5 Å². The normalized spacial score (nSPS) is 20.5. The molecular weight excluding hydrogens is 425 g/mol. The van der Waals surface area contributed by atoms with Crippen molar-refractivity contribution in [3.05, 3.63) is 35.4 Å². The molecule has 0 saturated heterocycles. The first kappa shape index (κ1) is 18.7.